The lowest BCUT2D eigenvalue weighted by Gasteiger charge is -2.15. The summed E-state index contributed by atoms with van der Waals surface area (Å²) in [6, 6.07) is 0. The number of hydrogen-bond acceptors (Lipinski definition) is 4. The molecule has 0 aliphatic carbocycles. The van der Waals surface area contributed by atoms with E-state index in [2.05, 4.69) is 0 Å². The smallest absolute Gasteiger partial charge is 0.306 e. The lowest BCUT2D eigenvalue weighted by molar-refractivity contribution is -0.146. The van der Waals surface area contributed by atoms with Crippen LogP contribution in [0.2, 0.25) is 0 Å². The molecule has 0 bridgehead atoms. The zero-order chi connectivity index (χ0) is 8.27. The number of carbonyl (C=O) groups excluding carboxylic acids is 1. The Labute approximate surface area is 65.1 Å². The maximum atomic E-state index is 10.6. The van der Waals surface area contributed by atoms with E-state index in [1.165, 1.54) is 7.11 Å². The number of aliphatic hydroxyl groups excluding tert-OH is 1. The van der Waals surface area contributed by atoms with E-state index in [0.717, 1.165) is 0 Å². The summed E-state index contributed by atoms with van der Waals surface area (Å²) in [7, 11) is 1.50. The summed E-state index contributed by atoms with van der Waals surface area (Å²) in [5.74, 6) is -0.231. The minimum absolute atomic E-state index is 0.220. The highest BCUT2D eigenvalue weighted by atomic mass is 16.6. The fourth-order valence-electron chi connectivity index (χ4n) is 1.10. The number of rotatable bonds is 3. The minimum atomic E-state index is -0.675. The van der Waals surface area contributed by atoms with Crippen molar-refractivity contribution in [3.8, 4) is 0 Å². The zero-order valence-electron chi connectivity index (χ0n) is 6.45. The third-order valence-corrected chi connectivity index (χ3v) is 1.68. The highest BCUT2D eigenvalue weighted by Gasteiger charge is 2.29. The van der Waals surface area contributed by atoms with Gasteiger partial charge < -0.3 is 14.6 Å². The molecule has 0 aromatic rings. The quantitative estimate of drug-likeness (QED) is 0.576. The molecule has 1 N–H and O–H groups in total. The van der Waals surface area contributed by atoms with Gasteiger partial charge in [-0.3, -0.25) is 4.79 Å². The highest BCUT2D eigenvalue weighted by molar-refractivity contribution is 5.71. The van der Waals surface area contributed by atoms with Crippen LogP contribution < -0.4 is 0 Å². The summed E-state index contributed by atoms with van der Waals surface area (Å²) in [5.41, 5.74) is 0. The van der Waals surface area contributed by atoms with Crippen molar-refractivity contribution in [2.45, 2.75) is 25.0 Å². The van der Waals surface area contributed by atoms with Crippen LogP contribution in [0.3, 0.4) is 0 Å². The summed E-state index contributed by atoms with van der Waals surface area (Å²) in [6.45, 7) is 0.220. The molecule has 64 valence electrons. The van der Waals surface area contributed by atoms with E-state index in [-0.39, 0.29) is 18.7 Å². The molecule has 2 unspecified atom stereocenters. The molecule has 1 aliphatic heterocycles. The van der Waals surface area contributed by atoms with Crippen LogP contribution in [0.25, 0.3) is 0 Å². The molecule has 2 atom stereocenters. The van der Waals surface area contributed by atoms with Crippen LogP contribution >= 0.6 is 0 Å². The second-order valence-electron chi connectivity index (χ2n) is 2.59. The Bertz CT molecular complexity index is 145. The third kappa shape index (κ3) is 2.17. The van der Waals surface area contributed by atoms with E-state index in [0.29, 0.717) is 12.8 Å². The fraction of sp³-hybridized carbons (Fsp3) is 0.857. The van der Waals surface area contributed by atoms with Gasteiger partial charge >= 0.3 is 5.97 Å². The molecule has 1 fully saturated rings. The average molecular weight is 160 g/mol. The van der Waals surface area contributed by atoms with E-state index in [1.807, 2.05) is 0 Å². The van der Waals surface area contributed by atoms with Crippen LogP contribution in [0, 0.1) is 0 Å². The average Bonchev–Trinajstić information content (AvgIpc) is 2.36. The van der Waals surface area contributed by atoms with Crippen molar-refractivity contribution in [1.29, 1.82) is 0 Å². The fourth-order valence-corrected chi connectivity index (χ4v) is 1.10. The molecule has 11 heavy (non-hydrogen) atoms. The first-order valence-electron chi connectivity index (χ1n) is 3.60. The van der Waals surface area contributed by atoms with E-state index in [1.54, 1.807) is 0 Å². The van der Waals surface area contributed by atoms with Crippen molar-refractivity contribution in [1.82, 2.24) is 0 Å². The van der Waals surface area contributed by atoms with Crippen LogP contribution in [0.1, 0.15) is 12.8 Å². The Hall–Kier alpha value is -0.610. The Morgan fingerprint density at radius 1 is 1.91 bits per heavy atom. The standard InChI is InChI=1S/C7H12O4/c1-10-4-5(8)6-2-3-7(9)11-6/h5-6,8H,2-4H2,1H3. The first-order valence-corrected chi connectivity index (χ1v) is 3.60. The summed E-state index contributed by atoms with van der Waals surface area (Å²) >= 11 is 0. The van der Waals surface area contributed by atoms with Gasteiger partial charge in [-0.05, 0) is 6.42 Å². The summed E-state index contributed by atoms with van der Waals surface area (Å²) < 4.78 is 9.52. The molecule has 1 aliphatic rings. The Balaban J connectivity index is 2.30. The molecule has 1 heterocycles. The molecule has 0 amide bonds. The lowest BCUT2D eigenvalue weighted by atomic mass is 10.1. The predicted molar refractivity (Wildman–Crippen MR) is 37.0 cm³/mol. The van der Waals surface area contributed by atoms with Crippen LogP contribution in [0.5, 0.6) is 0 Å². The molecule has 4 heteroatoms. The molecule has 0 aromatic heterocycles. The number of ether oxygens (including phenoxy) is 2. The summed E-state index contributed by atoms with van der Waals surface area (Å²) in [4.78, 5) is 10.6. The molecule has 1 rings (SSSR count). The van der Waals surface area contributed by atoms with Crippen molar-refractivity contribution in [2.75, 3.05) is 13.7 Å². The second kappa shape index (κ2) is 3.69. The van der Waals surface area contributed by atoms with E-state index in [4.69, 9.17) is 9.47 Å². The van der Waals surface area contributed by atoms with Crippen molar-refractivity contribution < 1.29 is 19.4 Å². The van der Waals surface area contributed by atoms with Crippen LogP contribution in [-0.2, 0) is 14.3 Å². The van der Waals surface area contributed by atoms with Crippen LogP contribution in [0.4, 0.5) is 0 Å². The second-order valence-corrected chi connectivity index (χ2v) is 2.59. The number of hydrogen-bond donors (Lipinski definition) is 1. The Kier molecular flexibility index (Phi) is 2.84. The molecular formula is C7H12O4. The van der Waals surface area contributed by atoms with Crippen LogP contribution in [-0.4, -0.2) is 37.0 Å². The van der Waals surface area contributed by atoms with Gasteiger partial charge in [-0.1, -0.05) is 0 Å². The maximum Gasteiger partial charge on any atom is 0.306 e. The normalized spacial score (nSPS) is 26.7. The third-order valence-electron chi connectivity index (χ3n) is 1.68. The molecule has 4 nitrogen and oxygen atoms in total. The molecule has 0 saturated carbocycles. The summed E-state index contributed by atoms with van der Waals surface area (Å²) in [6.07, 6.45) is -0.0247. The summed E-state index contributed by atoms with van der Waals surface area (Å²) in [5, 5.41) is 9.26. The number of carbonyl (C=O) groups is 1. The first-order chi connectivity index (χ1) is 5.24. The van der Waals surface area contributed by atoms with Gasteiger partial charge in [0, 0.05) is 13.5 Å². The van der Waals surface area contributed by atoms with Crippen molar-refractivity contribution >= 4 is 5.97 Å². The van der Waals surface area contributed by atoms with Gasteiger partial charge in [0.05, 0.1) is 6.61 Å². The lowest BCUT2D eigenvalue weighted by Crippen LogP contribution is -2.29. The Morgan fingerprint density at radius 3 is 3.09 bits per heavy atom. The van der Waals surface area contributed by atoms with Gasteiger partial charge in [-0.2, -0.15) is 0 Å². The van der Waals surface area contributed by atoms with E-state index >= 15 is 0 Å². The number of cyclic esters (lactones) is 1. The zero-order valence-corrected chi connectivity index (χ0v) is 6.45. The van der Waals surface area contributed by atoms with Crippen molar-refractivity contribution in [3.05, 3.63) is 0 Å². The number of esters is 1. The SMILES string of the molecule is COCC(O)C1CCC(=O)O1. The van der Waals surface area contributed by atoms with Gasteiger partial charge in [-0.15, -0.1) is 0 Å². The molecule has 1 saturated heterocycles. The predicted octanol–water partition coefficient (Wildman–Crippen LogP) is -0.301. The largest absolute Gasteiger partial charge is 0.459 e. The van der Waals surface area contributed by atoms with Gasteiger partial charge in [0.15, 0.2) is 0 Å². The molecule has 0 spiro atoms. The molecule has 0 aromatic carbocycles. The monoisotopic (exact) mass is 160 g/mol. The van der Waals surface area contributed by atoms with Crippen molar-refractivity contribution in [2.24, 2.45) is 0 Å². The topological polar surface area (TPSA) is 55.8 Å². The van der Waals surface area contributed by atoms with Gasteiger partial charge in [-0.25, -0.2) is 0 Å². The van der Waals surface area contributed by atoms with E-state index in [9.17, 15) is 9.90 Å². The maximum absolute atomic E-state index is 10.6. The van der Waals surface area contributed by atoms with Crippen LogP contribution in [0.15, 0.2) is 0 Å². The molecule has 0 radical (unpaired) electrons. The number of aliphatic hydroxyl groups is 1. The highest BCUT2D eigenvalue weighted by Crippen LogP contribution is 2.16. The first kappa shape index (κ1) is 8.49. The van der Waals surface area contributed by atoms with Gasteiger partial charge in [0.2, 0.25) is 0 Å². The van der Waals surface area contributed by atoms with Gasteiger partial charge in [0.25, 0.3) is 0 Å². The molecular weight excluding hydrogens is 148 g/mol. The minimum Gasteiger partial charge on any atom is -0.459 e. The van der Waals surface area contributed by atoms with Crippen molar-refractivity contribution in [3.63, 3.8) is 0 Å². The Morgan fingerprint density at radius 2 is 2.64 bits per heavy atom. The van der Waals surface area contributed by atoms with Gasteiger partial charge in [0.1, 0.15) is 12.2 Å². The number of methoxy groups -OCH3 is 1. The van der Waals surface area contributed by atoms with E-state index < -0.39 is 6.10 Å².